The van der Waals surface area contributed by atoms with E-state index in [9.17, 15) is 4.79 Å². The minimum absolute atomic E-state index is 0.0547. The average Bonchev–Trinajstić information content (AvgIpc) is 2.61. The Morgan fingerprint density at radius 3 is 3.00 bits per heavy atom. The van der Waals surface area contributed by atoms with E-state index >= 15 is 0 Å². The van der Waals surface area contributed by atoms with Crippen molar-refractivity contribution >= 4 is 16.9 Å². The third-order valence-corrected chi connectivity index (χ3v) is 2.75. The molecule has 0 fully saturated rings. The number of aromatic amines is 1. The molecule has 4 heteroatoms. The SMILES string of the molecule is Cc1cccc2c([C@@H](N)CC(=O)O)c[nH]c12. The number of carbonyl (C=O) groups is 1. The highest BCUT2D eigenvalue weighted by atomic mass is 16.4. The Labute approximate surface area is 93.1 Å². The van der Waals surface area contributed by atoms with Gasteiger partial charge in [0.1, 0.15) is 0 Å². The number of hydrogen-bond acceptors (Lipinski definition) is 2. The van der Waals surface area contributed by atoms with Crippen LogP contribution in [0.1, 0.15) is 23.6 Å². The molecule has 0 bridgehead atoms. The Morgan fingerprint density at radius 1 is 1.56 bits per heavy atom. The van der Waals surface area contributed by atoms with E-state index in [1.807, 2.05) is 25.1 Å². The van der Waals surface area contributed by atoms with Gasteiger partial charge in [-0.3, -0.25) is 4.79 Å². The summed E-state index contributed by atoms with van der Waals surface area (Å²) in [7, 11) is 0. The zero-order chi connectivity index (χ0) is 11.7. The third-order valence-electron chi connectivity index (χ3n) is 2.75. The molecule has 2 rings (SSSR count). The van der Waals surface area contributed by atoms with Crippen molar-refractivity contribution in [2.45, 2.75) is 19.4 Å². The minimum Gasteiger partial charge on any atom is -0.481 e. The first-order chi connectivity index (χ1) is 7.59. The summed E-state index contributed by atoms with van der Waals surface area (Å²) < 4.78 is 0. The monoisotopic (exact) mass is 218 g/mol. The molecule has 0 radical (unpaired) electrons. The van der Waals surface area contributed by atoms with E-state index in [1.165, 1.54) is 0 Å². The van der Waals surface area contributed by atoms with Crippen molar-refractivity contribution in [3.05, 3.63) is 35.5 Å². The number of aliphatic carboxylic acids is 1. The number of fused-ring (bicyclic) bond motifs is 1. The fraction of sp³-hybridized carbons (Fsp3) is 0.250. The lowest BCUT2D eigenvalue weighted by Crippen LogP contribution is -2.14. The van der Waals surface area contributed by atoms with Crippen LogP contribution in [0.3, 0.4) is 0 Å². The number of carboxylic acids is 1. The second kappa shape index (κ2) is 3.98. The molecule has 0 spiro atoms. The predicted molar refractivity (Wildman–Crippen MR) is 62.2 cm³/mol. The zero-order valence-corrected chi connectivity index (χ0v) is 9.03. The molecule has 1 aromatic carbocycles. The summed E-state index contributed by atoms with van der Waals surface area (Å²) in [5.74, 6) is -0.880. The van der Waals surface area contributed by atoms with Gasteiger partial charge in [-0.15, -0.1) is 0 Å². The first kappa shape index (κ1) is 10.7. The molecule has 0 aliphatic heterocycles. The van der Waals surface area contributed by atoms with Crippen LogP contribution in [0.5, 0.6) is 0 Å². The van der Waals surface area contributed by atoms with Crippen molar-refractivity contribution in [2.24, 2.45) is 5.73 Å². The molecule has 0 aliphatic carbocycles. The molecule has 0 unspecified atom stereocenters. The number of aryl methyl sites for hydroxylation is 1. The summed E-state index contributed by atoms with van der Waals surface area (Å²) in [4.78, 5) is 13.8. The average molecular weight is 218 g/mol. The van der Waals surface area contributed by atoms with Gasteiger partial charge >= 0.3 is 5.97 Å². The number of benzene rings is 1. The van der Waals surface area contributed by atoms with Crippen LogP contribution in [0.15, 0.2) is 24.4 Å². The van der Waals surface area contributed by atoms with Crippen molar-refractivity contribution in [3.8, 4) is 0 Å². The Bertz CT molecular complexity index is 531. The largest absolute Gasteiger partial charge is 0.481 e. The maximum atomic E-state index is 10.6. The second-order valence-electron chi connectivity index (χ2n) is 3.95. The second-order valence-corrected chi connectivity index (χ2v) is 3.95. The maximum Gasteiger partial charge on any atom is 0.305 e. The fourth-order valence-electron chi connectivity index (χ4n) is 1.93. The maximum absolute atomic E-state index is 10.6. The molecule has 1 heterocycles. The van der Waals surface area contributed by atoms with E-state index in [0.717, 1.165) is 22.0 Å². The number of nitrogens with one attached hydrogen (secondary N) is 1. The highest BCUT2D eigenvalue weighted by Gasteiger charge is 2.15. The number of carboxylic acid groups (broad SMARTS) is 1. The van der Waals surface area contributed by atoms with Crippen LogP contribution in [0.25, 0.3) is 10.9 Å². The molecule has 4 N–H and O–H groups in total. The number of para-hydroxylation sites is 1. The standard InChI is InChI=1S/C12H14N2O2/c1-7-3-2-4-8-9(6-14-12(7)8)10(13)5-11(15)16/h2-4,6,10,14H,5,13H2,1H3,(H,15,16)/t10-/m0/s1. The summed E-state index contributed by atoms with van der Waals surface area (Å²) in [5.41, 5.74) is 8.87. The summed E-state index contributed by atoms with van der Waals surface area (Å²) in [6.07, 6.45) is 1.74. The molecular formula is C12H14N2O2. The Hall–Kier alpha value is -1.81. The molecule has 84 valence electrons. The smallest absolute Gasteiger partial charge is 0.305 e. The number of aromatic nitrogens is 1. The molecule has 0 amide bonds. The molecule has 1 atom stereocenters. The van der Waals surface area contributed by atoms with Crippen LogP contribution in [0.2, 0.25) is 0 Å². The Morgan fingerprint density at radius 2 is 2.31 bits per heavy atom. The van der Waals surface area contributed by atoms with Gasteiger partial charge in [-0.2, -0.15) is 0 Å². The van der Waals surface area contributed by atoms with Crippen molar-refractivity contribution in [3.63, 3.8) is 0 Å². The number of H-pyrrole nitrogens is 1. The van der Waals surface area contributed by atoms with Crippen molar-refractivity contribution in [1.82, 2.24) is 4.98 Å². The highest BCUT2D eigenvalue weighted by molar-refractivity contribution is 5.86. The van der Waals surface area contributed by atoms with E-state index in [1.54, 1.807) is 6.20 Å². The quantitative estimate of drug-likeness (QED) is 0.736. The van der Waals surface area contributed by atoms with Gasteiger partial charge in [0.05, 0.1) is 6.42 Å². The molecular weight excluding hydrogens is 204 g/mol. The molecule has 0 saturated carbocycles. The topological polar surface area (TPSA) is 79.1 Å². The molecule has 0 aliphatic rings. The summed E-state index contributed by atoms with van der Waals surface area (Å²) >= 11 is 0. The predicted octanol–water partition coefficient (Wildman–Crippen LogP) is 1.95. The summed E-state index contributed by atoms with van der Waals surface area (Å²) in [5, 5.41) is 9.73. The lowest BCUT2D eigenvalue weighted by Gasteiger charge is -2.07. The zero-order valence-electron chi connectivity index (χ0n) is 9.03. The molecule has 4 nitrogen and oxygen atoms in total. The van der Waals surface area contributed by atoms with E-state index in [4.69, 9.17) is 10.8 Å². The molecule has 0 saturated heterocycles. The fourth-order valence-corrected chi connectivity index (χ4v) is 1.93. The Kier molecular flexibility index (Phi) is 2.66. The van der Waals surface area contributed by atoms with E-state index < -0.39 is 12.0 Å². The first-order valence-electron chi connectivity index (χ1n) is 5.13. The molecule has 2 aromatic rings. The number of rotatable bonds is 3. The van der Waals surface area contributed by atoms with Crippen LogP contribution in [-0.2, 0) is 4.79 Å². The minimum atomic E-state index is -0.880. The van der Waals surface area contributed by atoms with Gasteiger partial charge < -0.3 is 15.8 Å². The van der Waals surface area contributed by atoms with E-state index in [2.05, 4.69) is 4.98 Å². The van der Waals surface area contributed by atoms with Gasteiger partial charge in [-0.05, 0) is 18.1 Å². The third kappa shape index (κ3) is 1.79. The Balaban J connectivity index is 2.46. The van der Waals surface area contributed by atoms with Crippen LogP contribution in [-0.4, -0.2) is 16.1 Å². The van der Waals surface area contributed by atoms with Crippen molar-refractivity contribution in [1.29, 1.82) is 0 Å². The van der Waals surface area contributed by atoms with Gasteiger partial charge in [0.2, 0.25) is 0 Å². The van der Waals surface area contributed by atoms with Gasteiger partial charge in [-0.1, -0.05) is 18.2 Å². The van der Waals surface area contributed by atoms with Crippen LogP contribution in [0.4, 0.5) is 0 Å². The first-order valence-corrected chi connectivity index (χ1v) is 5.13. The molecule has 16 heavy (non-hydrogen) atoms. The van der Waals surface area contributed by atoms with Gasteiger partial charge in [0.15, 0.2) is 0 Å². The normalized spacial score (nSPS) is 12.9. The highest BCUT2D eigenvalue weighted by Crippen LogP contribution is 2.26. The summed E-state index contributed by atoms with van der Waals surface area (Å²) in [6, 6.07) is 5.44. The van der Waals surface area contributed by atoms with Crippen molar-refractivity contribution in [2.75, 3.05) is 0 Å². The van der Waals surface area contributed by atoms with Crippen molar-refractivity contribution < 1.29 is 9.90 Å². The van der Waals surface area contributed by atoms with Crippen LogP contribution >= 0.6 is 0 Å². The lowest BCUT2D eigenvalue weighted by molar-refractivity contribution is -0.137. The lowest BCUT2D eigenvalue weighted by atomic mass is 10.0. The number of nitrogens with two attached hydrogens (primary N) is 1. The van der Waals surface area contributed by atoms with Gasteiger partial charge in [-0.25, -0.2) is 0 Å². The summed E-state index contributed by atoms with van der Waals surface area (Å²) in [6.45, 7) is 2.01. The van der Waals surface area contributed by atoms with Crippen LogP contribution in [0, 0.1) is 6.92 Å². The molecule has 1 aromatic heterocycles. The van der Waals surface area contributed by atoms with Gasteiger partial charge in [0.25, 0.3) is 0 Å². The number of hydrogen-bond donors (Lipinski definition) is 3. The van der Waals surface area contributed by atoms with Gasteiger partial charge in [0, 0.05) is 23.1 Å². The van der Waals surface area contributed by atoms with E-state index in [0.29, 0.717) is 0 Å². The van der Waals surface area contributed by atoms with E-state index in [-0.39, 0.29) is 6.42 Å². The van der Waals surface area contributed by atoms with Crippen LogP contribution < -0.4 is 5.73 Å².